The number of ether oxygens (including phenoxy) is 1. The molecule has 3 N–H and O–H groups in total. The average Bonchev–Trinajstić information content (AvgIpc) is 2.45. The summed E-state index contributed by atoms with van der Waals surface area (Å²) in [6, 6.07) is 5.84. The molecule has 1 saturated heterocycles. The fourth-order valence-corrected chi connectivity index (χ4v) is 2.96. The molecule has 1 aromatic rings. The predicted molar refractivity (Wildman–Crippen MR) is 85.1 cm³/mol. The van der Waals surface area contributed by atoms with E-state index in [2.05, 4.69) is 12.4 Å². The van der Waals surface area contributed by atoms with Gasteiger partial charge in [0.25, 0.3) is 0 Å². The van der Waals surface area contributed by atoms with Gasteiger partial charge in [-0.2, -0.15) is 0 Å². The number of hydrogen-bond acceptors (Lipinski definition) is 3. The maximum atomic E-state index is 5.98. The molecule has 0 saturated carbocycles. The zero-order valence-corrected chi connectivity index (χ0v) is 12.8. The molecule has 0 amide bonds. The van der Waals surface area contributed by atoms with Gasteiger partial charge in [0, 0.05) is 19.2 Å². The second-order valence-corrected chi connectivity index (χ2v) is 6.06. The number of nitrogens with two attached hydrogens (primary N) is 1. The van der Waals surface area contributed by atoms with E-state index in [0.717, 1.165) is 24.5 Å². The van der Waals surface area contributed by atoms with Crippen LogP contribution in [0.4, 0.5) is 11.4 Å². The summed E-state index contributed by atoms with van der Waals surface area (Å²) in [5.74, 6) is 0.797. The van der Waals surface area contributed by atoms with Crippen molar-refractivity contribution in [1.82, 2.24) is 0 Å². The fraction of sp³-hybridized carbons (Fsp3) is 0.625. The minimum absolute atomic E-state index is 0.704. The molecule has 0 atom stereocenters. The van der Waals surface area contributed by atoms with Crippen LogP contribution < -0.4 is 15.8 Å². The van der Waals surface area contributed by atoms with E-state index in [1.165, 1.54) is 43.4 Å². The van der Waals surface area contributed by atoms with Crippen LogP contribution in [0.25, 0.3) is 0 Å². The topological polar surface area (TPSA) is 47.3 Å². The smallest absolute Gasteiger partial charge is 0.142 e. The molecule has 1 fully saturated rings. The molecule has 20 heavy (non-hydrogen) atoms. The Morgan fingerprint density at radius 2 is 2.00 bits per heavy atom. The Morgan fingerprint density at radius 1 is 1.25 bits per heavy atom. The predicted octanol–water partition coefficient (Wildman–Crippen LogP) is 2.71. The van der Waals surface area contributed by atoms with Crippen LogP contribution in [0.5, 0.6) is 5.75 Å². The SMILES string of the molecule is CNc1ccc(OCCC[N+]2(C)CCCCC2)c(N)c1. The summed E-state index contributed by atoms with van der Waals surface area (Å²) in [5.41, 5.74) is 7.70. The van der Waals surface area contributed by atoms with Crippen LogP contribution in [0.2, 0.25) is 0 Å². The van der Waals surface area contributed by atoms with Crippen molar-refractivity contribution in [2.24, 2.45) is 0 Å². The van der Waals surface area contributed by atoms with Gasteiger partial charge in [0.15, 0.2) is 0 Å². The number of hydrogen-bond donors (Lipinski definition) is 2. The average molecular weight is 278 g/mol. The van der Waals surface area contributed by atoms with E-state index in [4.69, 9.17) is 10.5 Å². The highest BCUT2D eigenvalue weighted by molar-refractivity contribution is 5.62. The van der Waals surface area contributed by atoms with Gasteiger partial charge < -0.3 is 20.3 Å². The number of rotatable bonds is 6. The van der Waals surface area contributed by atoms with Crippen LogP contribution in [0.15, 0.2) is 18.2 Å². The second kappa shape index (κ2) is 6.84. The number of benzene rings is 1. The molecule has 2 rings (SSSR count). The number of nitrogen functional groups attached to an aromatic ring is 1. The van der Waals surface area contributed by atoms with Gasteiger partial charge >= 0.3 is 0 Å². The fourth-order valence-electron chi connectivity index (χ4n) is 2.96. The van der Waals surface area contributed by atoms with E-state index in [1.54, 1.807) is 0 Å². The molecule has 0 aliphatic carbocycles. The van der Waals surface area contributed by atoms with Gasteiger partial charge in [0.2, 0.25) is 0 Å². The van der Waals surface area contributed by atoms with Crippen LogP contribution in [0.1, 0.15) is 25.7 Å². The van der Waals surface area contributed by atoms with Gasteiger partial charge in [0.05, 0.1) is 39.0 Å². The van der Waals surface area contributed by atoms with E-state index in [0.29, 0.717) is 5.69 Å². The third kappa shape index (κ3) is 4.04. The first-order valence-electron chi connectivity index (χ1n) is 7.67. The first-order chi connectivity index (χ1) is 9.63. The summed E-state index contributed by atoms with van der Waals surface area (Å²) in [4.78, 5) is 0. The Hall–Kier alpha value is -1.42. The highest BCUT2D eigenvalue weighted by atomic mass is 16.5. The van der Waals surface area contributed by atoms with Crippen LogP contribution in [-0.2, 0) is 0 Å². The molecule has 1 aliphatic rings. The van der Waals surface area contributed by atoms with E-state index < -0.39 is 0 Å². The first-order valence-corrected chi connectivity index (χ1v) is 7.67. The highest BCUT2D eigenvalue weighted by Crippen LogP contribution is 2.25. The van der Waals surface area contributed by atoms with Crippen LogP contribution in [0, 0.1) is 0 Å². The molecular weight excluding hydrogens is 250 g/mol. The molecule has 112 valence electrons. The minimum atomic E-state index is 0.704. The maximum Gasteiger partial charge on any atom is 0.142 e. The lowest BCUT2D eigenvalue weighted by molar-refractivity contribution is -0.914. The minimum Gasteiger partial charge on any atom is -0.491 e. The zero-order chi connectivity index (χ0) is 14.4. The molecule has 4 heteroatoms. The maximum absolute atomic E-state index is 5.98. The van der Waals surface area contributed by atoms with Crippen LogP contribution >= 0.6 is 0 Å². The largest absolute Gasteiger partial charge is 0.491 e. The van der Waals surface area contributed by atoms with Crippen LogP contribution in [0.3, 0.4) is 0 Å². The number of anilines is 2. The molecule has 0 bridgehead atoms. The monoisotopic (exact) mass is 278 g/mol. The Morgan fingerprint density at radius 3 is 2.65 bits per heavy atom. The highest BCUT2D eigenvalue weighted by Gasteiger charge is 2.23. The quantitative estimate of drug-likeness (QED) is 0.478. The molecule has 1 aromatic carbocycles. The first kappa shape index (κ1) is 15.0. The van der Waals surface area contributed by atoms with Gasteiger partial charge in [-0.15, -0.1) is 0 Å². The van der Waals surface area contributed by atoms with Crippen LogP contribution in [-0.4, -0.2) is 44.8 Å². The van der Waals surface area contributed by atoms with Crippen molar-refractivity contribution < 1.29 is 9.22 Å². The van der Waals surface area contributed by atoms with Crippen molar-refractivity contribution in [3.63, 3.8) is 0 Å². The lowest BCUT2D eigenvalue weighted by Crippen LogP contribution is -2.48. The van der Waals surface area contributed by atoms with E-state index in [-0.39, 0.29) is 0 Å². The molecule has 1 heterocycles. The molecule has 4 nitrogen and oxygen atoms in total. The number of nitrogens with zero attached hydrogens (tertiary/aromatic N) is 1. The summed E-state index contributed by atoms with van der Waals surface area (Å²) in [5, 5.41) is 3.07. The molecule has 0 spiro atoms. The van der Waals surface area contributed by atoms with E-state index >= 15 is 0 Å². The third-order valence-corrected chi connectivity index (χ3v) is 4.29. The Balaban J connectivity index is 1.75. The summed E-state index contributed by atoms with van der Waals surface area (Å²) >= 11 is 0. The molecular formula is C16H28N3O+. The normalized spacial score (nSPS) is 17.7. The van der Waals surface area contributed by atoms with Gasteiger partial charge in [-0.25, -0.2) is 0 Å². The van der Waals surface area contributed by atoms with Crippen molar-refractivity contribution in [2.45, 2.75) is 25.7 Å². The molecule has 0 radical (unpaired) electrons. The van der Waals surface area contributed by atoms with Gasteiger partial charge in [-0.3, -0.25) is 0 Å². The number of quaternary nitrogens is 1. The third-order valence-electron chi connectivity index (χ3n) is 4.29. The zero-order valence-electron chi connectivity index (χ0n) is 12.8. The lowest BCUT2D eigenvalue weighted by Gasteiger charge is -2.37. The summed E-state index contributed by atoms with van der Waals surface area (Å²) in [7, 11) is 4.26. The second-order valence-electron chi connectivity index (χ2n) is 6.06. The van der Waals surface area contributed by atoms with Crippen molar-refractivity contribution in [1.29, 1.82) is 0 Å². The van der Waals surface area contributed by atoms with Crippen molar-refractivity contribution >= 4 is 11.4 Å². The number of nitrogens with one attached hydrogen (secondary N) is 1. The lowest BCUT2D eigenvalue weighted by atomic mass is 10.1. The molecule has 1 aliphatic heterocycles. The number of likely N-dealkylation sites (tertiary alicyclic amines) is 1. The van der Waals surface area contributed by atoms with Crippen molar-refractivity contribution in [3.05, 3.63) is 18.2 Å². The Bertz CT molecular complexity index is 428. The van der Waals surface area contributed by atoms with E-state index in [9.17, 15) is 0 Å². The Kier molecular flexibility index (Phi) is 5.12. The summed E-state index contributed by atoms with van der Waals surface area (Å²) < 4.78 is 7.02. The van der Waals surface area contributed by atoms with Gasteiger partial charge in [-0.05, 0) is 37.5 Å². The van der Waals surface area contributed by atoms with Crippen molar-refractivity contribution in [3.8, 4) is 5.75 Å². The summed E-state index contributed by atoms with van der Waals surface area (Å²) in [6.07, 6.45) is 5.23. The van der Waals surface area contributed by atoms with Gasteiger partial charge in [0.1, 0.15) is 5.75 Å². The van der Waals surface area contributed by atoms with Crippen molar-refractivity contribution in [2.75, 3.05) is 51.4 Å². The van der Waals surface area contributed by atoms with E-state index in [1.807, 2.05) is 25.2 Å². The van der Waals surface area contributed by atoms with Gasteiger partial charge in [-0.1, -0.05) is 0 Å². The Labute approximate surface area is 122 Å². The standard InChI is InChI=1S/C16H28N3O/c1-18-14-7-8-16(15(17)13-14)20-12-6-11-19(2)9-4-3-5-10-19/h7-8,13,18H,3-6,9-12,17H2,1-2H3/q+1. The number of piperidine rings is 1. The summed E-state index contributed by atoms with van der Waals surface area (Å²) in [6.45, 7) is 4.59. The molecule has 0 unspecified atom stereocenters. The molecule has 0 aromatic heterocycles.